The normalized spacial score (nSPS) is 13.2. The number of hydrogen-bond acceptors (Lipinski definition) is 7. The van der Waals surface area contributed by atoms with Gasteiger partial charge in [-0.2, -0.15) is 0 Å². The molecule has 2 rings (SSSR count). The van der Waals surface area contributed by atoms with E-state index < -0.39 is 48.5 Å². The molecule has 1 atom stereocenters. The molecule has 230 valence electrons. The fraction of sp³-hybridized carbons (Fsp3) is 0.621. The lowest BCUT2D eigenvalue weighted by atomic mass is 9.95. The van der Waals surface area contributed by atoms with Crippen molar-refractivity contribution in [1.29, 1.82) is 0 Å². The predicted octanol–water partition coefficient (Wildman–Crippen LogP) is 2.49. The summed E-state index contributed by atoms with van der Waals surface area (Å²) in [6, 6.07) is 1.76. The molecule has 12 nitrogen and oxygen atoms in total. The molecule has 0 bridgehead atoms. The number of carbonyl (C=O) groups excluding carboxylic acids is 6. The van der Waals surface area contributed by atoms with Crippen molar-refractivity contribution in [2.75, 3.05) is 18.4 Å². The van der Waals surface area contributed by atoms with Gasteiger partial charge in [0.1, 0.15) is 11.9 Å². The van der Waals surface area contributed by atoms with E-state index >= 15 is 0 Å². The molecule has 0 aliphatic heterocycles. The first-order valence-electron chi connectivity index (χ1n) is 14.2. The minimum absolute atomic E-state index is 0.0153. The molecule has 1 aliphatic rings. The first-order valence-corrected chi connectivity index (χ1v) is 14.2. The zero-order valence-corrected chi connectivity index (χ0v) is 25.5. The zero-order chi connectivity index (χ0) is 31.4. The van der Waals surface area contributed by atoms with Crippen LogP contribution in [0.15, 0.2) is 18.3 Å². The Balaban J connectivity index is 0.00000205. The van der Waals surface area contributed by atoms with Crippen LogP contribution >= 0.6 is 0 Å². The largest absolute Gasteiger partial charge is 0.347 e. The van der Waals surface area contributed by atoms with Gasteiger partial charge in [0.05, 0.1) is 13.1 Å². The number of amides is 5. The van der Waals surface area contributed by atoms with Crippen LogP contribution in [0.2, 0.25) is 0 Å². The summed E-state index contributed by atoms with van der Waals surface area (Å²) < 4.78 is 0. The van der Waals surface area contributed by atoms with Gasteiger partial charge in [-0.05, 0) is 37.8 Å². The molecule has 1 unspecified atom stereocenters. The van der Waals surface area contributed by atoms with E-state index in [9.17, 15) is 28.8 Å². The van der Waals surface area contributed by atoms with Crippen LogP contribution < -0.4 is 26.6 Å². The van der Waals surface area contributed by atoms with Crippen LogP contribution in [0.1, 0.15) is 97.3 Å². The van der Waals surface area contributed by atoms with Crippen molar-refractivity contribution in [3.8, 4) is 0 Å². The molecule has 1 heterocycles. The Bertz CT molecular complexity index is 1000. The van der Waals surface area contributed by atoms with E-state index in [1.807, 2.05) is 0 Å². The van der Waals surface area contributed by atoms with Gasteiger partial charge < -0.3 is 26.6 Å². The maximum Gasteiger partial charge on any atom is 0.289 e. The number of hydrogen-bond donors (Lipinski definition) is 5. The quantitative estimate of drug-likeness (QED) is 0.266. The number of pyridine rings is 1. The number of ketones is 1. The van der Waals surface area contributed by atoms with Crippen molar-refractivity contribution < 1.29 is 28.8 Å². The van der Waals surface area contributed by atoms with E-state index in [-0.39, 0.29) is 23.3 Å². The second-order valence-corrected chi connectivity index (χ2v) is 10.5. The third kappa shape index (κ3) is 18.2. The molecule has 41 heavy (non-hydrogen) atoms. The monoisotopic (exact) mass is 576 g/mol. The van der Waals surface area contributed by atoms with Gasteiger partial charge in [0.2, 0.25) is 23.5 Å². The summed E-state index contributed by atoms with van der Waals surface area (Å²) in [6.45, 7) is 12.6. The van der Waals surface area contributed by atoms with Gasteiger partial charge in [-0.3, -0.25) is 28.8 Å². The Kier molecular flexibility index (Phi) is 19.0. The molecule has 1 aliphatic carbocycles. The third-order valence-electron chi connectivity index (χ3n) is 5.12. The van der Waals surface area contributed by atoms with Gasteiger partial charge in [-0.25, -0.2) is 4.98 Å². The highest BCUT2D eigenvalue weighted by molar-refractivity contribution is 6.37. The van der Waals surface area contributed by atoms with Gasteiger partial charge in [0, 0.05) is 24.7 Å². The number of nitrogens with zero attached hydrogens (tertiary/aromatic N) is 1. The second-order valence-electron chi connectivity index (χ2n) is 10.5. The minimum Gasteiger partial charge on any atom is -0.347 e. The van der Waals surface area contributed by atoms with E-state index in [1.165, 1.54) is 38.6 Å². The van der Waals surface area contributed by atoms with Gasteiger partial charge in [-0.1, -0.05) is 60.3 Å². The van der Waals surface area contributed by atoms with E-state index in [1.54, 1.807) is 0 Å². The molecule has 0 aromatic carbocycles. The Hall–Kier alpha value is -3.83. The minimum atomic E-state index is -0.995. The van der Waals surface area contributed by atoms with E-state index in [0.29, 0.717) is 0 Å². The number of nitrogens with one attached hydrogen (secondary N) is 5. The van der Waals surface area contributed by atoms with E-state index in [4.69, 9.17) is 0 Å². The Morgan fingerprint density at radius 3 is 2.07 bits per heavy atom. The molecule has 1 aromatic rings. The lowest BCUT2D eigenvalue weighted by molar-refractivity contribution is -0.138. The average Bonchev–Trinajstić information content (AvgIpc) is 2.90. The van der Waals surface area contributed by atoms with E-state index in [0.717, 1.165) is 38.0 Å². The molecular weight excluding hydrogens is 528 g/mol. The molecule has 1 saturated carbocycles. The van der Waals surface area contributed by atoms with Crippen molar-refractivity contribution >= 4 is 41.1 Å². The molecule has 5 amide bonds. The van der Waals surface area contributed by atoms with Gasteiger partial charge >= 0.3 is 0 Å². The Morgan fingerprint density at radius 1 is 0.927 bits per heavy atom. The molecule has 1 aromatic heterocycles. The number of Topliss-reactive ketones (excluding diaryl/α,β-unsaturated/α-hetero) is 1. The first kappa shape index (κ1) is 37.2. The van der Waals surface area contributed by atoms with Crippen LogP contribution in [0.25, 0.3) is 0 Å². The number of aromatic nitrogens is 1. The lowest BCUT2D eigenvalue weighted by Crippen LogP contribution is -2.50. The molecule has 5 N–H and O–H groups in total. The van der Waals surface area contributed by atoms with Crippen LogP contribution in [-0.2, 0) is 24.0 Å². The Labute approximate surface area is 243 Å². The fourth-order valence-electron chi connectivity index (χ4n) is 3.35. The standard InChI is InChI=1S/C22H30N6O6.C4H10.C3H8/c1-13(20(32)24-11-17(30)22(34)28-16-6-4-3-5-7-16)26-19(31)12-25-21(33)15-8-9-23-18(10-15)27-14(2)29;1-4(2)3;1-3-2/h8-10,13,16H,3-7,11-12H2,1-2H3,(H,24,32)(H,25,33)(H,26,31)(H,28,34)(H,23,27,29);4H,1-3H3;3H2,1-2H3. The van der Waals surface area contributed by atoms with Crippen LogP contribution in [-0.4, -0.2) is 65.5 Å². The molecule has 0 radical (unpaired) electrons. The van der Waals surface area contributed by atoms with Crippen molar-refractivity contribution in [3.63, 3.8) is 0 Å². The lowest BCUT2D eigenvalue weighted by Gasteiger charge is -2.22. The first-order chi connectivity index (χ1) is 19.3. The summed E-state index contributed by atoms with van der Waals surface area (Å²) in [7, 11) is 0. The number of carbonyl (C=O) groups is 6. The summed E-state index contributed by atoms with van der Waals surface area (Å²) in [5.74, 6) is -2.66. The maximum atomic E-state index is 12.2. The highest BCUT2D eigenvalue weighted by Gasteiger charge is 2.22. The van der Waals surface area contributed by atoms with Gasteiger partial charge in [0.25, 0.3) is 11.8 Å². The fourth-order valence-corrected chi connectivity index (χ4v) is 3.35. The molecule has 12 heteroatoms. The highest BCUT2D eigenvalue weighted by Crippen LogP contribution is 2.17. The molecular formula is C29H48N6O6. The van der Waals surface area contributed by atoms with Crippen LogP contribution in [0, 0.1) is 5.92 Å². The second kappa shape index (κ2) is 21.0. The summed E-state index contributed by atoms with van der Waals surface area (Å²) in [4.78, 5) is 75.3. The van der Waals surface area contributed by atoms with E-state index in [2.05, 4.69) is 66.2 Å². The van der Waals surface area contributed by atoms with Crippen molar-refractivity contribution in [2.45, 2.75) is 99.1 Å². The summed E-state index contributed by atoms with van der Waals surface area (Å²) in [5.41, 5.74) is 0.183. The third-order valence-corrected chi connectivity index (χ3v) is 5.12. The van der Waals surface area contributed by atoms with Crippen molar-refractivity contribution in [1.82, 2.24) is 26.3 Å². The molecule has 0 spiro atoms. The maximum absolute atomic E-state index is 12.2. The summed E-state index contributed by atoms with van der Waals surface area (Å²) in [5, 5.41) is 12.2. The van der Waals surface area contributed by atoms with Gasteiger partial charge in [-0.15, -0.1) is 0 Å². The topological polar surface area (TPSA) is 175 Å². The van der Waals surface area contributed by atoms with Gasteiger partial charge in [0.15, 0.2) is 0 Å². The predicted molar refractivity (Wildman–Crippen MR) is 158 cm³/mol. The molecule has 1 fully saturated rings. The summed E-state index contributed by atoms with van der Waals surface area (Å²) in [6.07, 6.45) is 7.39. The van der Waals surface area contributed by atoms with Crippen molar-refractivity contribution in [2.24, 2.45) is 5.92 Å². The van der Waals surface area contributed by atoms with Crippen LogP contribution in [0.5, 0.6) is 0 Å². The smallest absolute Gasteiger partial charge is 0.289 e. The Morgan fingerprint density at radius 2 is 1.51 bits per heavy atom. The van der Waals surface area contributed by atoms with Crippen LogP contribution in [0.3, 0.4) is 0 Å². The molecule has 0 saturated heterocycles. The van der Waals surface area contributed by atoms with Crippen LogP contribution in [0.4, 0.5) is 5.82 Å². The SMILES string of the molecule is CC(=O)Nc1cc(C(=O)NCC(=O)NC(C)C(=O)NCC(=O)C(=O)NC2CCCCC2)ccn1.CC(C)C.CCC. The van der Waals surface area contributed by atoms with Crippen molar-refractivity contribution in [3.05, 3.63) is 23.9 Å². The number of rotatable bonds is 10. The number of anilines is 1. The highest BCUT2D eigenvalue weighted by atomic mass is 16.2. The average molecular weight is 577 g/mol. The summed E-state index contributed by atoms with van der Waals surface area (Å²) >= 11 is 0. The zero-order valence-electron chi connectivity index (χ0n) is 25.5.